The van der Waals surface area contributed by atoms with Crippen LogP contribution in [0.2, 0.25) is 0 Å². The second-order valence-electron chi connectivity index (χ2n) is 8.63. The summed E-state index contributed by atoms with van der Waals surface area (Å²) in [6, 6.07) is 16.6. The van der Waals surface area contributed by atoms with Crippen LogP contribution in [0.1, 0.15) is 61.5 Å². The Labute approximate surface area is 211 Å². The first-order chi connectivity index (χ1) is 17.5. The molecule has 4 rings (SSSR count). The number of nitrogens with zero attached hydrogens (tertiary/aromatic N) is 1. The van der Waals surface area contributed by atoms with Gasteiger partial charge in [0.2, 0.25) is 0 Å². The van der Waals surface area contributed by atoms with Crippen molar-refractivity contribution in [1.82, 2.24) is 15.6 Å². The summed E-state index contributed by atoms with van der Waals surface area (Å²) in [7, 11) is 1.59. The molecule has 0 saturated carbocycles. The second-order valence-corrected chi connectivity index (χ2v) is 8.63. The molecule has 2 N–H and O–H groups in total. The molecule has 0 fully saturated rings. The van der Waals surface area contributed by atoms with Crippen LogP contribution in [0.5, 0.6) is 0 Å². The van der Waals surface area contributed by atoms with Crippen molar-refractivity contribution in [3.05, 3.63) is 99.9 Å². The number of fused-ring (bicyclic) bond motifs is 1. The van der Waals surface area contributed by atoms with E-state index in [9.17, 15) is 9.59 Å². The Hall–Kier alpha value is -3.99. The van der Waals surface area contributed by atoms with Crippen molar-refractivity contribution in [2.45, 2.75) is 26.0 Å². The quantitative estimate of drug-likeness (QED) is 0.397. The van der Waals surface area contributed by atoms with E-state index in [2.05, 4.69) is 34.4 Å². The van der Waals surface area contributed by atoms with Crippen LogP contribution in [0.3, 0.4) is 0 Å². The van der Waals surface area contributed by atoms with Crippen LogP contribution in [0.4, 0.5) is 0 Å². The Morgan fingerprint density at radius 3 is 2.64 bits per heavy atom. The molecule has 2 aromatic carbocycles. The number of carbonyl (C=O) groups is 2. The molecule has 0 saturated heterocycles. The van der Waals surface area contributed by atoms with Gasteiger partial charge in [0, 0.05) is 48.0 Å². The lowest BCUT2D eigenvalue weighted by Crippen LogP contribution is -2.26. The van der Waals surface area contributed by atoms with Gasteiger partial charge in [0.05, 0.1) is 32.1 Å². The fourth-order valence-corrected chi connectivity index (χ4v) is 3.94. The topological polar surface area (TPSA) is 89.5 Å². The van der Waals surface area contributed by atoms with Crippen LogP contribution in [0, 0.1) is 11.8 Å². The predicted octanol–water partition coefficient (Wildman–Crippen LogP) is 3.42. The van der Waals surface area contributed by atoms with Gasteiger partial charge in [0.25, 0.3) is 11.8 Å². The van der Waals surface area contributed by atoms with Crippen LogP contribution in [-0.2, 0) is 22.6 Å². The summed E-state index contributed by atoms with van der Waals surface area (Å²) in [5.41, 5.74) is 5.68. The molecule has 0 aliphatic carbocycles. The molecule has 36 heavy (non-hydrogen) atoms. The molecule has 7 nitrogen and oxygen atoms in total. The largest absolute Gasteiger partial charge is 0.383 e. The summed E-state index contributed by atoms with van der Waals surface area (Å²) in [4.78, 5) is 29.3. The lowest BCUT2D eigenvalue weighted by Gasteiger charge is -2.23. The van der Waals surface area contributed by atoms with Crippen molar-refractivity contribution < 1.29 is 19.1 Å². The van der Waals surface area contributed by atoms with Gasteiger partial charge < -0.3 is 20.1 Å². The maximum Gasteiger partial charge on any atom is 0.251 e. The van der Waals surface area contributed by atoms with Gasteiger partial charge in [0.1, 0.15) is 0 Å². The highest BCUT2D eigenvalue weighted by molar-refractivity contribution is 5.95. The second kappa shape index (κ2) is 12.1. The SMILES string of the molecule is COCCNC(=O)c1cccc(C#Cc2ccnc(CNC(=O)c3ccc4c(c3)C(C)COC4)c2)c1. The Bertz CT molecular complexity index is 1310. The number of hydrogen-bond donors (Lipinski definition) is 2. The first kappa shape index (κ1) is 25.1. The molecule has 0 bridgehead atoms. The average molecular weight is 484 g/mol. The van der Waals surface area contributed by atoms with E-state index in [0.717, 1.165) is 16.7 Å². The zero-order valence-electron chi connectivity index (χ0n) is 20.5. The monoisotopic (exact) mass is 483 g/mol. The highest BCUT2D eigenvalue weighted by Gasteiger charge is 2.18. The van der Waals surface area contributed by atoms with E-state index in [1.165, 1.54) is 5.56 Å². The molecule has 1 aliphatic rings. The molecule has 2 heterocycles. The van der Waals surface area contributed by atoms with Crippen molar-refractivity contribution in [3.63, 3.8) is 0 Å². The number of carbonyl (C=O) groups excluding carboxylic acids is 2. The van der Waals surface area contributed by atoms with Crippen molar-refractivity contribution in [1.29, 1.82) is 0 Å². The highest BCUT2D eigenvalue weighted by Crippen LogP contribution is 2.27. The van der Waals surface area contributed by atoms with Crippen LogP contribution in [0.25, 0.3) is 0 Å². The zero-order valence-corrected chi connectivity index (χ0v) is 20.5. The van der Waals surface area contributed by atoms with Gasteiger partial charge >= 0.3 is 0 Å². The minimum atomic E-state index is -0.167. The van der Waals surface area contributed by atoms with Crippen molar-refractivity contribution in [2.75, 3.05) is 26.9 Å². The van der Waals surface area contributed by atoms with Crippen LogP contribution >= 0.6 is 0 Å². The van der Waals surface area contributed by atoms with Gasteiger partial charge in [-0.25, -0.2) is 0 Å². The summed E-state index contributed by atoms with van der Waals surface area (Å²) in [6.07, 6.45) is 1.67. The minimum Gasteiger partial charge on any atom is -0.383 e. The van der Waals surface area contributed by atoms with Crippen LogP contribution < -0.4 is 10.6 Å². The van der Waals surface area contributed by atoms with Gasteiger partial charge in [-0.15, -0.1) is 0 Å². The number of rotatable bonds is 7. The third-order valence-electron chi connectivity index (χ3n) is 5.88. The Balaban J connectivity index is 1.38. The summed E-state index contributed by atoms with van der Waals surface area (Å²) in [6.45, 7) is 4.55. The van der Waals surface area contributed by atoms with Gasteiger partial charge in [-0.2, -0.15) is 0 Å². The maximum atomic E-state index is 12.7. The van der Waals surface area contributed by atoms with E-state index < -0.39 is 0 Å². The van der Waals surface area contributed by atoms with Gasteiger partial charge in [-0.1, -0.05) is 30.9 Å². The number of ether oxygens (including phenoxy) is 2. The smallest absolute Gasteiger partial charge is 0.251 e. The maximum absolute atomic E-state index is 12.7. The molecule has 0 spiro atoms. The summed E-state index contributed by atoms with van der Waals surface area (Å²) in [5.74, 6) is 6.16. The molecule has 7 heteroatoms. The number of amides is 2. The average Bonchev–Trinajstić information content (AvgIpc) is 2.91. The molecule has 184 valence electrons. The number of nitrogens with one attached hydrogen (secondary N) is 2. The van der Waals surface area contributed by atoms with E-state index in [1.54, 1.807) is 31.5 Å². The Kier molecular flexibility index (Phi) is 8.45. The predicted molar refractivity (Wildman–Crippen MR) is 137 cm³/mol. The summed E-state index contributed by atoms with van der Waals surface area (Å²) >= 11 is 0. The van der Waals surface area contributed by atoms with Crippen molar-refractivity contribution in [3.8, 4) is 11.8 Å². The summed E-state index contributed by atoms with van der Waals surface area (Å²) in [5, 5.41) is 5.74. The normalized spacial score (nSPS) is 14.2. The van der Waals surface area contributed by atoms with E-state index in [0.29, 0.717) is 49.7 Å². The first-order valence-corrected chi connectivity index (χ1v) is 11.9. The van der Waals surface area contributed by atoms with Crippen molar-refractivity contribution >= 4 is 11.8 Å². The van der Waals surface area contributed by atoms with Crippen LogP contribution in [0.15, 0.2) is 60.8 Å². The number of hydrogen-bond acceptors (Lipinski definition) is 5. The molecular formula is C29H29N3O4. The lowest BCUT2D eigenvalue weighted by atomic mass is 9.92. The fourth-order valence-electron chi connectivity index (χ4n) is 3.94. The third kappa shape index (κ3) is 6.57. The van der Waals surface area contributed by atoms with E-state index in [1.807, 2.05) is 36.4 Å². The molecule has 1 unspecified atom stereocenters. The van der Waals surface area contributed by atoms with E-state index in [4.69, 9.17) is 9.47 Å². The molecular weight excluding hydrogens is 454 g/mol. The van der Waals surface area contributed by atoms with E-state index in [-0.39, 0.29) is 17.7 Å². The number of benzene rings is 2. The Morgan fingerprint density at radius 2 is 1.81 bits per heavy atom. The molecule has 1 aromatic heterocycles. The van der Waals surface area contributed by atoms with Gasteiger partial charge in [-0.05, 0) is 53.6 Å². The van der Waals surface area contributed by atoms with Gasteiger partial charge in [0.15, 0.2) is 0 Å². The van der Waals surface area contributed by atoms with Crippen LogP contribution in [-0.4, -0.2) is 43.7 Å². The van der Waals surface area contributed by atoms with E-state index >= 15 is 0 Å². The first-order valence-electron chi connectivity index (χ1n) is 11.9. The molecule has 0 radical (unpaired) electrons. The molecule has 2 amide bonds. The summed E-state index contributed by atoms with van der Waals surface area (Å²) < 4.78 is 10.5. The standard InChI is InChI=1S/C29H29N3O4/c1-20-18-36-19-25-9-8-24(16-27(20)25)29(34)32-17-26-15-22(10-11-30-26)7-6-21-4-3-5-23(14-21)28(33)31-12-13-35-2/h3-5,8-11,14-16,20H,12-13,17-19H2,1-2H3,(H,31,33)(H,32,34). The molecule has 1 atom stereocenters. The third-order valence-corrected chi connectivity index (χ3v) is 5.88. The minimum absolute atomic E-state index is 0.143. The van der Waals surface area contributed by atoms with Gasteiger partial charge in [-0.3, -0.25) is 14.6 Å². The number of aromatic nitrogens is 1. The molecule has 3 aromatic rings. The van der Waals surface area contributed by atoms with Crippen molar-refractivity contribution in [2.24, 2.45) is 0 Å². The fraction of sp³-hybridized carbons (Fsp3) is 0.276. The zero-order chi connectivity index (χ0) is 25.3. The number of methoxy groups -OCH3 is 1. The molecule has 1 aliphatic heterocycles. The number of pyridine rings is 1. The highest BCUT2D eigenvalue weighted by atomic mass is 16.5. The lowest BCUT2D eigenvalue weighted by molar-refractivity contribution is 0.0928. The Morgan fingerprint density at radius 1 is 1.03 bits per heavy atom.